The largest absolute Gasteiger partial charge is 0.490 e. The lowest BCUT2D eigenvalue weighted by molar-refractivity contribution is 0.0810. The van der Waals surface area contributed by atoms with Crippen LogP contribution in [0.2, 0.25) is 10.0 Å². The number of hydrogen-bond donors (Lipinski definition) is 2. The van der Waals surface area contributed by atoms with Gasteiger partial charge in [0, 0.05) is 29.9 Å². The first-order valence-electron chi connectivity index (χ1n) is 10.6. The van der Waals surface area contributed by atoms with Gasteiger partial charge in [0.2, 0.25) is 0 Å². The first-order valence-corrected chi connectivity index (χ1v) is 11.4. The highest BCUT2D eigenvalue weighted by molar-refractivity contribution is 6.37. The summed E-state index contributed by atoms with van der Waals surface area (Å²) >= 11 is 12.7. The van der Waals surface area contributed by atoms with Gasteiger partial charge in [0.15, 0.2) is 5.75 Å². The summed E-state index contributed by atoms with van der Waals surface area (Å²) in [5, 5.41) is 17.7. The molecule has 1 heterocycles. The molecule has 2 aliphatic rings. The summed E-state index contributed by atoms with van der Waals surface area (Å²) < 4.78 is 11.0. The molecule has 0 saturated heterocycles. The van der Waals surface area contributed by atoms with Crippen LogP contribution in [0.15, 0.2) is 34.9 Å². The Bertz CT molecular complexity index is 951. The van der Waals surface area contributed by atoms with Crippen LogP contribution in [0.4, 0.5) is 0 Å². The van der Waals surface area contributed by atoms with Gasteiger partial charge in [-0.1, -0.05) is 40.5 Å². The SMILES string of the molecule is Cc1cc(CCCCCOc2c(Cl)cc(C(=O)NC3C(O)[C@@H]4C=C[C@H]3C4)cc2Cl)on1. The molecule has 1 amide bonds. The maximum Gasteiger partial charge on any atom is 0.251 e. The summed E-state index contributed by atoms with van der Waals surface area (Å²) in [6, 6.07) is 4.78. The van der Waals surface area contributed by atoms with E-state index in [1.807, 2.05) is 19.1 Å². The number of aliphatic hydroxyl groups excluding tert-OH is 1. The van der Waals surface area contributed by atoms with E-state index >= 15 is 0 Å². The number of aromatic nitrogens is 1. The molecule has 4 rings (SSSR count). The fourth-order valence-electron chi connectivity index (χ4n) is 4.34. The molecule has 0 radical (unpaired) electrons. The van der Waals surface area contributed by atoms with E-state index in [1.165, 1.54) is 0 Å². The van der Waals surface area contributed by atoms with Crippen molar-refractivity contribution in [2.75, 3.05) is 6.61 Å². The first kappa shape index (κ1) is 22.2. The molecule has 2 aliphatic carbocycles. The van der Waals surface area contributed by atoms with E-state index in [0.29, 0.717) is 28.0 Å². The van der Waals surface area contributed by atoms with Crippen molar-refractivity contribution < 1.29 is 19.2 Å². The molecule has 6 nitrogen and oxygen atoms in total. The molecule has 1 saturated carbocycles. The summed E-state index contributed by atoms with van der Waals surface area (Å²) in [4.78, 5) is 12.7. The fraction of sp³-hybridized carbons (Fsp3) is 0.478. The Morgan fingerprint density at radius 2 is 1.94 bits per heavy atom. The number of aliphatic hydroxyl groups is 1. The Hall–Kier alpha value is -2.02. The van der Waals surface area contributed by atoms with Crippen molar-refractivity contribution >= 4 is 29.1 Å². The molecule has 1 aromatic carbocycles. The number of aryl methyl sites for hydroxylation is 2. The third-order valence-corrected chi connectivity index (χ3v) is 6.53. The van der Waals surface area contributed by atoms with Crippen LogP contribution >= 0.6 is 23.2 Å². The normalized spacial score (nSPS) is 24.0. The van der Waals surface area contributed by atoms with Gasteiger partial charge in [0.1, 0.15) is 5.76 Å². The molecule has 4 atom stereocenters. The topological polar surface area (TPSA) is 84.6 Å². The Morgan fingerprint density at radius 1 is 1.19 bits per heavy atom. The van der Waals surface area contributed by atoms with Crippen LogP contribution in [-0.2, 0) is 6.42 Å². The van der Waals surface area contributed by atoms with Crippen LogP contribution in [0, 0.1) is 18.8 Å². The summed E-state index contributed by atoms with van der Waals surface area (Å²) in [7, 11) is 0. The monoisotopic (exact) mass is 464 g/mol. The predicted molar refractivity (Wildman–Crippen MR) is 119 cm³/mol. The Morgan fingerprint density at radius 3 is 2.58 bits per heavy atom. The number of carbonyl (C=O) groups is 1. The molecule has 1 aromatic heterocycles. The number of ether oxygens (including phenoxy) is 1. The number of nitrogens with one attached hydrogen (secondary N) is 1. The third kappa shape index (κ3) is 5.08. The van der Waals surface area contributed by atoms with E-state index in [-0.39, 0.29) is 23.8 Å². The van der Waals surface area contributed by atoms with Crippen molar-refractivity contribution in [2.24, 2.45) is 11.8 Å². The standard InChI is InChI=1S/C23H26Cl2N2O4/c1-13-9-17(31-27-13)5-3-2-4-8-30-22-18(24)11-16(12-19(22)25)23(29)26-20-14-6-7-15(10-14)21(20)28/h6-7,9,11-12,14-15,20-21,28H,2-5,8,10H2,1H3,(H,26,29)/t14-,15+,20?,21?/m0/s1. The second-order valence-corrected chi connectivity index (χ2v) is 9.12. The first-order chi connectivity index (χ1) is 14.9. The zero-order valence-electron chi connectivity index (χ0n) is 17.3. The molecule has 31 heavy (non-hydrogen) atoms. The zero-order chi connectivity index (χ0) is 22.0. The van der Waals surface area contributed by atoms with Gasteiger partial charge in [-0.25, -0.2) is 0 Å². The zero-order valence-corrected chi connectivity index (χ0v) is 18.8. The maximum absolute atomic E-state index is 12.7. The van der Waals surface area contributed by atoms with Gasteiger partial charge in [-0.2, -0.15) is 0 Å². The highest BCUT2D eigenvalue weighted by atomic mass is 35.5. The fourth-order valence-corrected chi connectivity index (χ4v) is 4.93. The minimum atomic E-state index is -0.555. The molecular formula is C23H26Cl2N2O4. The van der Waals surface area contributed by atoms with Crippen LogP contribution < -0.4 is 10.1 Å². The van der Waals surface area contributed by atoms with Gasteiger partial charge in [-0.3, -0.25) is 4.79 Å². The van der Waals surface area contributed by atoms with Crippen LogP contribution in [0.3, 0.4) is 0 Å². The minimum absolute atomic E-state index is 0.123. The number of nitrogens with zero attached hydrogens (tertiary/aromatic N) is 1. The Kier molecular flexibility index (Phi) is 6.89. The van der Waals surface area contributed by atoms with Gasteiger partial charge in [0.05, 0.1) is 34.5 Å². The minimum Gasteiger partial charge on any atom is -0.490 e. The molecule has 0 aliphatic heterocycles. The van der Waals surface area contributed by atoms with Gasteiger partial charge >= 0.3 is 0 Å². The van der Waals surface area contributed by atoms with Crippen molar-refractivity contribution in [2.45, 2.75) is 51.2 Å². The summed E-state index contributed by atoms with van der Waals surface area (Å²) in [6.45, 7) is 2.38. The van der Waals surface area contributed by atoms with Crippen LogP contribution in [0.25, 0.3) is 0 Å². The van der Waals surface area contributed by atoms with Crippen LogP contribution in [0.5, 0.6) is 5.75 Å². The second kappa shape index (κ2) is 9.63. The lowest BCUT2D eigenvalue weighted by Crippen LogP contribution is -2.45. The molecule has 2 aromatic rings. The van der Waals surface area contributed by atoms with Gasteiger partial charge in [0.25, 0.3) is 5.91 Å². The number of amides is 1. The molecule has 166 valence electrons. The van der Waals surface area contributed by atoms with Crippen molar-refractivity contribution in [3.05, 3.63) is 57.4 Å². The maximum atomic E-state index is 12.7. The Balaban J connectivity index is 1.26. The van der Waals surface area contributed by atoms with Crippen molar-refractivity contribution in [3.63, 3.8) is 0 Å². The van der Waals surface area contributed by atoms with Crippen molar-refractivity contribution in [1.29, 1.82) is 0 Å². The second-order valence-electron chi connectivity index (χ2n) is 8.30. The van der Waals surface area contributed by atoms with E-state index in [1.54, 1.807) is 12.1 Å². The molecule has 2 bridgehead atoms. The molecule has 1 fully saturated rings. The smallest absolute Gasteiger partial charge is 0.251 e. The lowest BCUT2D eigenvalue weighted by Gasteiger charge is -2.25. The summed E-state index contributed by atoms with van der Waals surface area (Å²) in [5.74, 6) is 1.27. The van der Waals surface area contributed by atoms with E-state index in [9.17, 15) is 9.90 Å². The molecular weight excluding hydrogens is 439 g/mol. The summed E-state index contributed by atoms with van der Waals surface area (Å²) in [5.41, 5.74) is 1.24. The molecule has 0 spiro atoms. The van der Waals surface area contributed by atoms with E-state index in [0.717, 1.165) is 43.6 Å². The Labute approximate surface area is 191 Å². The number of unbranched alkanes of at least 4 members (excludes halogenated alkanes) is 2. The summed E-state index contributed by atoms with van der Waals surface area (Å²) in [6.07, 6.45) is 8.03. The number of fused-ring (bicyclic) bond motifs is 2. The number of rotatable bonds is 9. The highest BCUT2D eigenvalue weighted by Crippen LogP contribution is 2.40. The number of benzene rings is 1. The quantitative estimate of drug-likeness (QED) is 0.413. The molecule has 2 N–H and O–H groups in total. The van der Waals surface area contributed by atoms with E-state index in [2.05, 4.69) is 16.5 Å². The number of hydrogen-bond acceptors (Lipinski definition) is 5. The van der Waals surface area contributed by atoms with Crippen molar-refractivity contribution in [1.82, 2.24) is 10.5 Å². The van der Waals surface area contributed by atoms with Gasteiger partial charge in [-0.05, 0) is 44.7 Å². The lowest BCUT2D eigenvalue weighted by atomic mass is 9.98. The number of carbonyl (C=O) groups excluding carboxylic acids is 1. The molecule has 2 unspecified atom stereocenters. The number of halogens is 2. The predicted octanol–water partition coefficient (Wildman–Crippen LogP) is 4.75. The van der Waals surface area contributed by atoms with Gasteiger partial charge in [-0.15, -0.1) is 0 Å². The van der Waals surface area contributed by atoms with Gasteiger partial charge < -0.3 is 19.7 Å². The average molecular weight is 465 g/mol. The highest BCUT2D eigenvalue weighted by Gasteiger charge is 2.44. The van der Waals surface area contributed by atoms with E-state index < -0.39 is 6.10 Å². The van der Waals surface area contributed by atoms with E-state index in [4.69, 9.17) is 32.5 Å². The van der Waals surface area contributed by atoms with Crippen molar-refractivity contribution in [3.8, 4) is 5.75 Å². The van der Waals surface area contributed by atoms with Crippen LogP contribution in [0.1, 0.15) is 47.5 Å². The third-order valence-electron chi connectivity index (χ3n) is 5.97. The molecule has 8 heteroatoms. The average Bonchev–Trinajstić information content (AvgIpc) is 3.44. The van der Waals surface area contributed by atoms with Crippen LogP contribution in [-0.4, -0.2) is 34.9 Å².